The minimum atomic E-state index is -7.11. The van der Waals surface area contributed by atoms with Gasteiger partial charge in [-0.1, -0.05) is 96.0 Å². The zero-order valence-corrected chi connectivity index (χ0v) is 24.2. The highest BCUT2D eigenvalue weighted by Crippen LogP contribution is 2.52. The van der Waals surface area contributed by atoms with E-state index in [1.807, 2.05) is 0 Å². The lowest BCUT2D eigenvalue weighted by molar-refractivity contribution is 0.257. The molecule has 2 atom stereocenters. The molecule has 4 aromatic rings. The lowest BCUT2D eigenvalue weighted by atomic mass is 10.0. The molecule has 0 aliphatic rings. The van der Waals surface area contributed by atoms with E-state index in [1.54, 1.807) is 0 Å². The molecule has 236 valence electrons. The van der Waals surface area contributed by atoms with Crippen molar-refractivity contribution in [3.8, 4) is 0 Å². The van der Waals surface area contributed by atoms with Crippen molar-refractivity contribution in [2.75, 3.05) is 0 Å². The Morgan fingerprint density at radius 2 is 0.756 bits per heavy atom. The summed E-state index contributed by atoms with van der Waals surface area (Å²) in [5.41, 5.74) is -5.62. The average molecular weight is 699 g/mol. The Morgan fingerprint density at radius 3 is 1.02 bits per heavy atom. The summed E-state index contributed by atoms with van der Waals surface area (Å²) in [5.74, 6) is -21.2. The molecule has 2 nitrogen and oxygen atoms in total. The number of halogens is 12. The second-order valence-electron chi connectivity index (χ2n) is 9.17. The maximum Gasteiger partial charge on any atom is 0.264 e. The van der Waals surface area contributed by atoms with Crippen LogP contribution < -0.4 is 0 Å². The van der Waals surface area contributed by atoms with Crippen molar-refractivity contribution >= 4 is 45.2 Å². The Labute approximate surface area is 258 Å². The standard InChI is InChI=1S/C30H14Cl2F10O2S/c31-19-25(37)21(33)17(22(34)26(19)38)29(41,13-11-15-7-3-1-4-8-15)45(43,44)30(42,14-12-16-9-5-2-6-10-16)18-23(35)27(39)20(32)28(40)24(18)36/h1-14H/b13-11-,14-12-. The van der Waals surface area contributed by atoms with E-state index in [2.05, 4.69) is 0 Å². The number of hydrogen-bond acceptors (Lipinski definition) is 2. The van der Waals surface area contributed by atoms with E-state index in [4.69, 9.17) is 23.2 Å². The molecule has 0 saturated heterocycles. The van der Waals surface area contributed by atoms with Gasteiger partial charge >= 0.3 is 0 Å². The monoisotopic (exact) mass is 698 g/mol. The number of sulfone groups is 1. The predicted octanol–water partition coefficient (Wildman–Crippen LogP) is 9.89. The molecule has 0 radical (unpaired) electrons. The molecule has 0 aliphatic heterocycles. The molecule has 0 aromatic heterocycles. The Balaban J connectivity index is 2.20. The number of rotatable bonds is 8. The van der Waals surface area contributed by atoms with Gasteiger partial charge in [0.15, 0.2) is 46.5 Å². The fourth-order valence-electron chi connectivity index (χ4n) is 4.17. The third-order valence-corrected chi connectivity index (χ3v) is 9.37. The highest BCUT2D eigenvalue weighted by atomic mass is 35.5. The topological polar surface area (TPSA) is 34.1 Å². The molecule has 0 spiro atoms. The zero-order chi connectivity index (χ0) is 33.5. The van der Waals surface area contributed by atoms with Gasteiger partial charge in [-0.2, -0.15) is 0 Å². The van der Waals surface area contributed by atoms with Crippen molar-refractivity contribution in [2.24, 2.45) is 0 Å². The molecule has 45 heavy (non-hydrogen) atoms. The summed E-state index contributed by atoms with van der Waals surface area (Å²) >= 11 is 10.4. The van der Waals surface area contributed by atoms with Crippen LogP contribution in [0.25, 0.3) is 12.2 Å². The fraction of sp³-hybridized carbons (Fsp3) is 0.0667. The Hall–Kier alpha value is -3.81. The summed E-state index contributed by atoms with van der Waals surface area (Å²) < 4.78 is 181. The maximum atomic E-state index is 17.2. The van der Waals surface area contributed by atoms with Crippen molar-refractivity contribution in [1.82, 2.24) is 0 Å². The molecule has 0 aliphatic carbocycles. The van der Waals surface area contributed by atoms with E-state index in [-0.39, 0.29) is 23.3 Å². The quantitative estimate of drug-likeness (QED) is 0.104. The molecule has 15 heteroatoms. The summed E-state index contributed by atoms with van der Waals surface area (Å²) in [6, 6.07) is 12.8. The minimum absolute atomic E-state index is 0.143. The predicted molar refractivity (Wildman–Crippen MR) is 148 cm³/mol. The second-order valence-corrected chi connectivity index (χ2v) is 12.1. The Morgan fingerprint density at radius 1 is 0.489 bits per heavy atom. The van der Waals surface area contributed by atoms with Crippen LogP contribution in [0.2, 0.25) is 10.0 Å². The van der Waals surface area contributed by atoms with E-state index in [0.29, 0.717) is 12.2 Å². The van der Waals surface area contributed by atoms with Crippen LogP contribution >= 0.6 is 23.2 Å². The highest BCUT2D eigenvalue weighted by Gasteiger charge is 2.63. The Kier molecular flexibility index (Phi) is 9.49. The van der Waals surface area contributed by atoms with Gasteiger partial charge in [0.25, 0.3) is 10.0 Å². The summed E-state index contributed by atoms with van der Waals surface area (Å²) in [4.78, 5) is 0. The molecule has 0 saturated carbocycles. The van der Waals surface area contributed by atoms with Crippen molar-refractivity contribution in [1.29, 1.82) is 0 Å². The first-order chi connectivity index (χ1) is 21.0. The molecule has 4 rings (SSSR count). The van der Waals surface area contributed by atoms with Gasteiger partial charge in [-0.05, 0) is 23.3 Å². The molecule has 0 fully saturated rings. The Bertz CT molecular complexity index is 1760. The number of alkyl halides is 2. The van der Waals surface area contributed by atoms with Crippen LogP contribution in [0, 0.1) is 46.5 Å². The first-order valence-electron chi connectivity index (χ1n) is 12.2. The molecule has 0 heterocycles. The summed E-state index contributed by atoms with van der Waals surface area (Å²) in [7, 11) is -7.11. The van der Waals surface area contributed by atoms with E-state index in [1.165, 1.54) is 60.7 Å². The van der Waals surface area contributed by atoms with E-state index >= 15 is 26.3 Å². The summed E-state index contributed by atoms with van der Waals surface area (Å²) in [6.45, 7) is 0. The van der Waals surface area contributed by atoms with E-state index < -0.39 is 87.5 Å². The van der Waals surface area contributed by atoms with Crippen LogP contribution in [0.1, 0.15) is 22.3 Å². The van der Waals surface area contributed by atoms with Gasteiger partial charge in [-0.25, -0.2) is 52.3 Å². The smallest absolute Gasteiger partial charge is 0.221 e. The van der Waals surface area contributed by atoms with E-state index in [9.17, 15) is 26.0 Å². The molecular formula is C30H14Cl2F10O2S. The van der Waals surface area contributed by atoms with Crippen molar-refractivity contribution in [3.63, 3.8) is 0 Å². The van der Waals surface area contributed by atoms with Crippen molar-refractivity contribution in [2.45, 2.75) is 10.0 Å². The number of benzene rings is 4. The highest BCUT2D eigenvalue weighted by molar-refractivity contribution is 7.93. The first-order valence-corrected chi connectivity index (χ1v) is 14.4. The summed E-state index contributed by atoms with van der Waals surface area (Å²) in [5, 5.41) is -14.1. The van der Waals surface area contributed by atoms with Gasteiger partial charge < -0.3 is 0 Å². The lowest BCUT2D eigenvalue weighted by Gasteiger charge is -2.32. The normalized spacial score (nSPS) is 15.0. The van der Waals surface area contributed by atoms with Crippen LogP contribution in [0.5, 0.6) is 0 Å². The summed E-state index contributed by atoms with van der Waals surface area (Å²) in [6.07, 6.45) is 0.375. The van der Waals surface area contributed by atoms with E-state index in [0.717, 1.165) is 0 Å². The molecule has 0 N–H and O–H groups in total. The van der Waals surface area contributed by atoms with Crippen molar-refractivity contribution < 1.29 is 52.3 Å². The van der Waals surface area contributed by atoms with Crippen LogP contribution in [0.3, 0.4) is 0 Å². The van der Waals surface area contributed by atoms with Crippen LogP contribution in [0.4, 0.5) is 43.9 Å². The molecule has 4 aromatic carbocycles. The zero-order valence-electron chi connectivity index (χ0n) is 21.8. The third kappa shape index (κ3) is 5.61. The molecule has 2 unspecified atom stereocenters. The van der Waals surface area contributed by atoms with Gasteiger partial charge in [0, 0.05) is 0 Å². The lowest BCUT2D eigenvalue weighted by Crippen LogP contribution is -2.44. The third-order valence-electron chi connectivity index (χ3n) is 6.46. The average Bonchev–Trinajstić information content (AvgIpc) is 3.03. The largest absolute Gasteiger partial charge is 0.264 e. The van der Waals surface area contributed by atoms with Gasteiger partial charge in [0.1, 0.15) is 10.0 Å². The molecule has 0 amide bonds. The van der Waals surface area contributed by atoms with Gasteiger partial charge in [-0.15, -0.1) is 0 Å². The number of hydrogen-bond donors (Lipinski definition) is 0. The van der Waals surface area contributed by atoms with Crippen LogP contribution in [-0.4, -0.2) is 8.42 Å². The van der Waals surface area contributed by atoms with Gasteiger partial charge in [0.05, 0.1) is 11.1 Å². The van der Waals surface area contributed by atoms with Gasteiger partial charge in [-0.3, -0.25) is 0 Å². The molecular weight excluding hydrogens is 685 g/mol. The minimum Gasteiger partial charge on any atom is -0.221 e. The van der Waals surface area contributed by atoms with Crippen LogP contribution in [0.15, 0.2) is 72.8 Å². The van der Waals surface area contributed by atoms with Crippen molar-refractivity contribution in [3.05, 3.63) is 152 Å². The fourth-order valence-corrected chi connectivity index (χ4v) is 6.33. The molecule has 0 bridgehead atoms. The van der Waals surface area contributed by atoms with Crippen LogP contribution in [-0.2, 0) is 19.8 Å². The first kappa shape index (κ1) is 34.1. The maximum absolute atomic E-state index is 17.2. The SMILES string of the molecule is O=S(=O)(C(F)(/C=C\c1ccccc1)c1c(F)c(F)c(Cl)c(F)c1F)C(F)(/C=C\c1ccccc1)c1c(F)c(F)c(Cl)c(F)c1F. The second kappa shape index (κ2) is 12.5. The van der Waals surface area contributed by atoms with Gasteiger partial charge in [0.2, 0.25) is 9.84 Å².